The number of allylic oxidation sites excluding steroid dienone is 1. The number of dihydropyridines is 1. The number of carbonyl (C=O) groups excluding carboxylic acids is 1. The van der Waals surface area contributed by atoms with Crippen molar-refractivity contribution in [3.63, 3.8) is 0 Å². The molecule has 0 aromatic heterocycles. The molecule has 3 aliphatic rings. The second kappa shape index (κ2) is 4.23. The van der Waals surface area contributed by atoms with Crippen LogP contribution in [-0.4, -0.2) is 54.5 Å². The van der Waals surface area contributed by atoms with Gasteiger partial charge in [0.15, 0.2) is 0 Å². The smallest absolute Gasteiger partial charge is 0.246 e. The van der Waals surface area contributed by atoms with Gasteiger partial charge in [-0.3, -0.25) is 4.79 Å². The molecule has 0 aromatic carbocycles. The summed E-state index contributed by atoms with van der Waals surface area (Å²) in [5.41, 5.74) is 1.23. The Balaban J connectivity index is 1.81. The molecule has 2 unspecified atom stereocenters. The van der Waals surface area contributed by atoms with E-state index in [1.165, 1.54) is 12.1 Å². The van der Waals surface area contributed by atoms with Gasteiger partial charge in [-0.05, 0) is 19.4 Å². The van der Waals surface area contributed by atoms with E-state index in [1.807, 2.05) is 13.0 Å². The molecular weight excluding hydrogens is 228 g/mol. The number of carbonyl (C=O) groups is 1. The van der Waals surface area contributed by atoms with Crippen molar-refractivity contribution < 1.29 is 4.79 Å². The zero-order valence-corrected chi connectivity index (χ0v) is 10.9. The maximum absolute atomic E-state index is 11.9. The Morgan fingerprint density at radius 1 is 1.61 bits per heavy atom. The summed E-state index contributed by atoms with van der Waals surface area (Å²) in [6.07, 6.45) is 5.24. The molecule has 0 aliphatic carbocycles. The van der Waals surface area contributed by atoms with Gasteiger partial charge in [0, 0.05) is 32.7 Å². The summed E-state index contributed by atoms with van der Waals surface area (Å²) in [5.74, 6) is 1.14. The molecule has 2 atom stereocenters. The Hall–Kier alpha value is -1.65. The van der Waals surface area contributed by atoms with Crippen molar-refractivity contribution in [3.05, 3.63) is 23.7 Å². The van der Waals surface area contributed by atoms with Gasteiger partial charge >= 0.3 is 0 Å². The zero-order chi connectivity index (χ0) is 12.7. The summed E-state index contributed by atoms with van der Waals surface area (Å²) in [6, 6.07) is 0.336. The van der Waals surface area contributed by atoms with Gasteiger partial charge in [0.1, 0.15) is 11.9 Å². The zero-order valence-electron chi connectivity index (χ0n) is 10.9. The number of hydrogen-bond acceptors (Lipinski definition) is 4. The number of hydrogen-bond donors (Lipinski definition) is 2. The van der Waals surface area contributed by atoms with Gasteiger partial charge in [0.25, 0.3) is 0 Å². The van der Waals surface area contributed by atoms with E-state index >= 15 is 0 Å². The van der Waals surface area contributed by atoms with Gasteiger partial charge < -0.3 is 20.4 Å². The topological polar surface area (TPSA) is 47.6 Å². The van der Waals surface area contributed by atoms with Crippen LogP contribution in [0.1, 0.15) is 13.3 Å². The first kappa shape index (κ1) is 11.4. The molecule has 2 bridgehead atoms. The predicted octanol–water partition coefficient (Wildman–Crippen LogP) is -0.161. The van der Waals surface area contributed by atoms with Crippen molar-refractivity contribution in [2.45, 2.75) is 25.4 Å². The molecule has 2 N–H and O–H groups in total. The van der Waals surface area contributed by atoms with Crippen LogP contribution in [0.2, 0.25) is 0 Å². The highest BCUT2D eigenvalue weighted by Crippen LogP contribution is 2.31. The SMILES string of the molecule is CCNC(=O)C1C=CC2=C(N1)N(C)C1CCN2C1. The highest BCUT2D eigenvalue weighted by Gasteiger charge is 2.37. The minimum absolute atomic E-state index is 0.0432. The number of nitrogens with one attached hydrogen (secondary N) is 2. The van der Waals surface area contributed by atoms with E-state index in [-0.39, 0.29) is 11.9 Å². The first-order valence-electron chi connectivity index (χ1n) is 6.65. The van der Waals surface area contributed by atoms with E-state index in [0.717, 1.165) is 18.9 Å². The lowest BCUT2D eigenvalue weighted by atomic mass is 10.1. The molecule has 0 saturated carbocycles. The second-order valence-corrected chi connectivity index (χ2v) is 5.11. The van der Waals surface area contributed by atoms with Crippen molar-refractivity contribution in [2.75, 3.05) is 26.7 Å². The van der Waals surface area contributed by atoms with Crippen LogP contribution >= 0.6 is 0 Å². The normalized spacial score (nSPS) is 29.2. The maximum atomic E-state index is 11.9. The summed E-state index contributed by atoms with van der Waals surface area (Å²) in [5, 5.41) is 6.21. The first-order chi connectivity index (χ1) is 8.70. The van der Waals surface area contributed by atoms with Crippen LogP contribution in [0.15, 0.2) is 23.7 Å². The fourth-order valence-corrected chi connectivity index (χ4v) is 2.97. The summed E-state index contributed by atoms with van der Waals surface area (Å²) < 4.78 is 0. The lowest BCUT2D eigenvalue weighted by Crippen LogP contribution is -2.52. The molecule has 0 radical (unpaired) electrons. The quantitative estimate of drug-likeness (QED) is 0.713. The molecule has 3 heterocycles. The first-order valence-corrected chi connectivity index (χ1v) is 6.65. The molecule has 1 saturated heterocycles. The van der Waals surface area contributed by atoms with E-state index in [2.05, 4.69) is 33.6 Å². The summed E-state index contributed by atoms with van der Waals surface area (Å²) in [6.45, 7) is 4.83. The molecule has 5 nitrogen and oxygen atoms in total. The van der Waals surface area contributed by atoms with E-state index in [9.17, 15) is 4.79 Å². The third-order valence-corrected chi connectivity index (χ3v) is 4.02. The van der Waals surface area contributed by atoms with Gasteiger partial charge in [-0.2, -0.15) is 0 Å². The average molecular weight is 248 g/mol. The van der Waals surface area contributed by atoms with Gasteiger partial charge in [-0.15, -0.1) is 0 Å². The van der Waals surface area contributed by atoms with Crippen LogP contribution in [0.3, 0.4) is 0 Å². The van der Waals surface area contributed by atoms with Gasteiger partial charge in [-0.1, -0.05) is 6.08 Å². The molecule has 0 aromatic rings. The number of fused-ring (bicyclic) bond motifs is 3. The summed E-state index contributed by atoms with van der Waals surface area (Å²) in [7, 11) is 2.11. The lowest BCUT2D eigenvalue weighted by Gasteiger charge is -2.40. The van der Waals surface area contributed by atoms with Crippen molar-refractivity contribution in [3.8, 4) is 0 Å². The van der Waals surface area contributed by atoms with E-state index in [4.69, 9.17) is 0 Å². The largest absolute Gasteiger partial charge is 0.366 e. The standard InChI is InChI=1S/C13H20N4O/c1-3-14-13(18)10-4-5-11-12(15-10)16(2)9-6-7-17(11)8-9/h4-5,9-10,15H,3,6-8H2,1-2H3,(H,14,18). The van der Waals surface area contributed by atoms with Crippen LogP contribution in [0.25, 0.3) is 0 Å². The van der Waals surface area contributed by atoms with Gasteiger partial charge in [0.2, 0.25) is 5.91 Å². The number of amides is 1. The van der Waals surface area contributed by atoms with Crippen LogP contribution in [-0.2, 0) is 4.79 Å². The molecule has 1 amide bonds. The van der Waals surface area contributed by atoms with Crippen molar-refractivity contribution in [2.24, 2.45) is 0 Å². The highest BCUT2D eigenvalue weighted by atomic mass is 16.2. The van der Waals surface area contributed by atoms with E-state index in [1.54, 1.807) is 0 Å². The highest BCUT2D eigenvalue weighted by molar-refractivity contribution is 5.84. The minimum Gasteiger partial charge on any atom is -0.366 e. The molecular formula is C13H20N4O. The molecule has 18 heavy (non-hydrogen) atoms. The van der Waals surface area contributed by atoms with E-state index in [0.29, 0.717) is 12.6 Å². The minimum atomic E-state index is -0.246. The molecule has 3 aliphatic heterocycles. The van der Waals surface area contributed by atoms with Gasteiger partial charge in [0.05, 0.1) is 5.70 Å². The number of nitrogens with zero attached hydrogens (tertiary/aromatic N) is 2. The van der Waals surface area contributed by atoms with Crippen molar-refractivity contribution in [1.82, 2.24) is 20.4 Å². The maximum Gasteiger partial charge on any atom is 0.246 e. The second-order valence-electron chi connectivity index (χ2n) is 5.11. The number of rotatable bonds is 2. The third kappa shape index (κ3) is 1.65. The lowest BCUT2D eigenvalue weighted by molar-refractivity contribution is -0.121. The Labute approximate surface area is 108 Å². The van der Waals surface area contributed by atoms with E-state index < -0.39 is 0 Å². The molecule has 98 valence electrons. The fourth-order valence-electron chi connectivity index (χ4n) is 2.97. The fraction of sp³-hybridized carbons (Fsp3) is 0.615. The Bertz CT molecular complexity index is 429. The Kier molecular flexibility index (Phi) is 2.69. The Morgan fingerprint density at radius 3 is 3.22 bits per heavy atom. The van der Waals surface area contributed by atoms with Crippen LogP contribution in [0.4, 0.5) is 0 Å². The molecule has 3 rings (SSSR count). The predicted molar refractivity (Wildman–Crippen MR) is 69.5 cm³/mol. The van der Waals surface area contributed by atoms with Gasteiger partial charge in [-0.25, -0.2) is 0 Å². The molecule has 5 heteroatoms. The summed E-state index contributed by atoms with van der Waals surface area (Å²) in [4.78, 5) is 16.6. The average Bonchev–Trinajstić information content (AvgIpc) is 2.82. The number of likely N-dealkylation sites (N-methyl/N-ethyl adjacent to an activating group) is 2. The third-order valence-electron chi connectivity index (χ3n) is 4.02. The summed E-state index contributed by atoms with van der Waals surface area (Å²) >= 11 is 0. The monoisotopic (exact) mass is 248 g/mol. The van der Waals surface area contributed by atoms with Crippen molar-refractivity contribution >= 4 is 5.91 Å². The molecule has 1 fully saturated rings. The van der Waals surface area contributed by atoms with Crippen LogP contribution < -0.4 is 10.6 Å². The van der Waals surface area contributed by atoms with Crippen LogP contribution in [0, 0.1) is 0 Å². The molecule has 0 spiro atoms. The Morgan fingerprint density at radius 2 is 2.44 bits per heavy atom. The van der Waals surface area contributed by atoms with Crippen LogP contribution in [0.5, 0.6) is 0 Å². The van der Waals surface area contributed by atoms with Crippen molar-refractivity contribution in [1.29, 1.82) is 0 Å².